The number of aliphatic hydroxyl groups excluding tert-OH is 1. The van der Waals surface area contributed by atoms with Crippen molar-refractivity contribution in [3.05, 3.63) is 54.6 Å². The van der Waals surface area contributed by atoms with E-state index in [0.29, 0.717) is 5.92 Å². The summed E-state index contributed by atoms with van der Waals surface area (Å²) in [6, 6.07) is 17.8. The summed E-state index contributed by atoms with van der Waals surface area (Å²) >= 11 is 0. The van der Waals surface area contributed by atoms with E-state index in [1.54, 1.807) is 0 Å². The van der Waals surface area contributed by atoms with Crippen molar-refractivity contribution < 1.29 is 9.90 Å². The Morgan fingerprint density at radius 2 is 1.76 bits per heavy atom. The van der Waals surface area contributed by atoms with Crippen molar-refractivity contribution in [2.45, 2.75) is 25.8 Å². The van der Waals surface area contributed by atoms with Gasteiger partial charge in [0.2, 0.25) is 5.91 Å². The number of hydrogen-bond donors (Lipinski definition) is 2. The number of nitrogens with one attached hydrogen (secondary N) is 1. The Kier molecular flexibility index (Phi) is 5.84. The number of amides is 1. The van der Waals surface area contributed by atoms with Crippen molar-refractivity contribution in [3.8, 4) is 11.1 Å². The van der Waals surface area contributed by atoms with Crippen LogP contribution in [0.4, 0.5) is 5.69 Å². The highest BCUT2D eigenvalue weighted by Crippen LogP contribution is 2.28. The standard InChI is InChI=1S/C21H26N2O2/c1-16(23-13-11-17(15-24)12-14-23)21(25)22-20-10-6-5-9-19(20)18-7-3-2-4-8-18/h2-10,16-17,24H,11-15H2,1H3,(H,22,25). The Morgan fingerprint density at radius 1 is 1.12 bits per heavy atom. The summed E-state index contributed by atoms with van der Waals surface area (Å²) in [5, 5.41) is 12.4. The smallest absolute Gasteiger partial charge is 0.241 e. The maximum Gasteiger partial charge on any atom is 0.241 e. The zero-order valence-electron chi connectivity index (χ0n) is 14.7. The molecule has 2 aromatic rings. The second-order valence-corrected chi connectivity index (χ2v) is 6.74. The van der Waals surface area contributed by atoms with Gasteiger partial charge in [0.05, 0.1) is 6.04 Å². The predicted octanol–water partition coefficient (Wildman–Crippen LogP) is 3.38. The van der Waals surface area contributed by atoms with Crippen LogP contribution in [0, 0.1) is 5.92 Å². The van der Waals surface area contributed by atoms with Crippen molar-refractivity contribution >= 4 is 11.6 Å². The normalized spacial score (nSPS) is 17.2. The lowest BCUT2D eigenvalue weighted by Gasteiger charge is -2.34. The van der Waals surface area contributed by atoms with Gasteiger partial charge >= 0.3 is 0 Å². The van der Waals surface area contributed by atoms with Crippen LogP contribution in [0.3, 0.4) is 0 Å². The van der Waals surface area contributed by atoms with Gasteiger partial charge in [-0.15, -0.1) is 0 Å². The van der Waals surface area contributed by atoms with Crippen LogP contribution >= 0.6 is 0 Å². The average molecular weight is 338 g/mol. The third-order valence-electron chi connectivity index (χ3n) is 5.10. The highest BCUT2D eigenvalue weighted by Gasteiger charge is 2.26. The van der Waals surface area contributed by atoms with Crippen molar-refractivity contribution in [2.75, 3.05) is 25.0 Å². The Hall–Kier alpha value is -2.17. The number of benzene rings is 2. The summed E-state index contributed by atoms with van der Waals surface area (Å²) < 4.78 is 0. The van der Waals surface area contributed by atoms with Gasteiger partial charge in [0.15, 0.2) is 0 Å². The molecule has 0 aliphatic carbocycles. The molecule has 1 atom stereocenters. The van der Waals surface area contributed by atoms with Crippen molar-refractivity contribution in [2.24, 2.45) is 5.92 Å². The van der Waals surface area contributed by atoms with E-state index in [-0.39, 0.29) is 18.6 Å². The van der Waals surface area contributed by atoms with Gasteiger partial charge < -0.3 is 10.4 Å². The number of anilines is 1. The molecule has 2 aromatic carbocycles. The number of likely N-dealkylation sites (tertiary alicyclic amines) is 1. The second kappa shape index (κ2) is 8.28. The molecule has 1 aliphatic heterocycles. The third-order valence-corrected chi connectivity index (χ3v) is 5.10. The van der Waals surface area contributed by atoms with Crippen molar-refractivity contribution in [1.82, 2.24) is 4.90 Å². The van der Waals surface area contributed by atoms with Crippen LogP contribution in [0.2, 0.25) is 0 Å². The molecule has 0 bridgehead atoms. The van der Waals surface area contributed by atoms with Gasteiger partial charge in [0.25, 0.3) is 0 Å². The van der Waals surface area contributed by atoms with Gasteiger partial charge in [0.1, 0.15) is 0 Å². The summed E-state index contributed by atoms with van der Waals surface area (Å²) in [5.74, 6) is 0.399. The van der Waals surface area contributed by atoms with Crippen molar-refractivity contribution in [1.29, 1.82) is 0 Å². The SMILES string of the molecule is CC(C(=O)Nc1ccccc1-c1ccccc1)N1CCC(CO)CC1. The molecule has 1 aliphatic rings. The predicted molar refractivity (Wildman–Crippen MR) is 101 cm³/mol. The van der Waals surface area contributed by atoms with E-state index in [1.165, 1.54) is 0 Å². The lowest BCUT2D eigenvalue weighted by molar-refractivity contribution is -0.121. The highest BCUT2D eigenvalue weighted by atomic mass is 16.3. The molecule has 0 spiro atoms. The number of hydrogen-bond acceptors (Lipinski definition) is 3. The average Bonchev–Trinajstić information content (AvgIpc) is 2.68. The maximum absolute atomic E-state index is 12.7. The molecule has 2 N–H and O–H groups in total. The van der Waals surface area contributed by atoms with E-state index in [9.17, 15) is 9.90 Å². The number of carbonyl (C=O) groups is 1. The summed E-state index contributed by atoms with van der Waals surface area (Å²) in [4.78, 5) is 14.9. The molecule has 132 valence electrons. The first kappa shape index (κ1) is 17.6. The maximum atomic E-state index is 12.7. The molecule has 1 unspecified atom stereocenters. The summed E-state index contributed by atoms with van der Waals surface area (Å²) in [7, 11) is 0. The molecule has 0 saturated carbocycles. The molecule has 25 heavy (non-hydrogen) atoms. The molecule has 0 aromatic heterocycles. The number of carbonyl (C=O) groups excluding carboxylic acids is 1. The summed E-state index contributed by atoms with van der Waals surface area (Å²) in [6.07, 6.45) is 1.91. The monoisotopic (exact) mass is 338 g/mol. The zero-order valence-corrected chi connectivity index (χ0v) is 14.7. The van der Waals surface area contributed by atoms with Gasteiger partial charge in [0, 0.05) is 17.9 Å². The molecule has 3 rings (SSSR count). The van der Waals surface area contributed by atoms with Gasteiger partial charge in [-0.05, 0) is 50.4 Å². The third kappa shape index (κ3) is 4.27. The number of piperidine rings is 1. The van der Waals surface area contributed by atoms with Crippen LogP contribution < -0.4 is 5.32 Å². The molecule has 0 radical (unpaired) electrons. The molecular formula is C21H26N2O2. The Balaban J connectivity index is 1.69. The summed E-state index contributed by atoms with van der Waals surface area (Å²) in [5.41, 5.74) is 2.97. The molecule has 4 nitrogen and oxygen atoms in total. The van der Waals surface area contributed by atoms with E-state index in [1.807, 2.05) is 61.5 Å². The molecule has 4 heteroatoms. The number of para-hydroxylation sites is 1. The first-order valence-electron chi connectivity index (χ1n) is 8.99. The fourth-order valence-electron chi connectivity index (χ4n) is 3.39. The van der Waals surface area contributed by atoms with Crippen molar-refractivity contribution in [3.63, 3.8) is 0 Å². The van der Waals surface area contributed by atoms with Crippen LogP contribution in [-0.4, -0.2) is 41.7 Å². The van der Waals surface area contributed by atoms with Gasteiger partial charge in [-0.3, -0.25) is 9.69 Å². The van der Waals surface area contributed by atoms with Crippen LogP contribution in [0.25, 0.3) is 11.1 Å². The van der Waals surface area contributed by atoms with Crippen LogP contribution in [0.1, 0.15) is 19.8 Å². The molecule has 1 heterocycles. The zero-order chi connectivity index (χ0) is 17.6. The Bertz CT molecular complexity index is 694. The first-order chi connectivity index (χ1) is 12.2. The number of rotatable bonds is 5. The quantitative estimate of drug-likeness (QED) is 0.879. The fraction of sp³-hybridized carbons (Fsp3) is 0.381. The second-order valence-electron chi connectivity index (χ2n) is 6.74. The molecule has 1 amide bonds. The van der Waals surface area contributed by atoms with E-state index in [0.717, 1.165) is 42.7 Å². The van der Waals surface area contributed by atoms with Crippen LogP contribution in [0.15, 0.2) is 54.6 Å². The number of nitrogens with zero attached hydrogens (tertiary/aromatic N) is 1. The van der Waals surface area contributed by atoms with E-state index in [2.05, 4.69) is 10.2 Å². The van der Waals surface area contributed by atoms with Gasteiger partial charge in [-0.1, -0.05) is 48.5 Å². The van der Waals surface area contributed by atoms with Crippen LogP contribution in [0.5, 0.6) is 0 Å². The Labute approximate surface area is 149 Å². The van der Waals surface area contributed by atoms with Gasteiger partial charge in [-0.2, -0.15) is 0 Å². The lowest BCUT2D eigenvalue weighted by Crippen LogP contribution is -2.46. The fourth-order valence-corrected chi connectivity index (χ4v) is 3.39. The lowest BCUT2D eigenvalue weighted by atomic mass is 9.96. The molecule has 1 saturated heterocycles. The molecule has 1 fully saturated rings. The minimum atomic E-state index is -0.177. The Morgan fingerprint density at radius 3 is 2.44 bits per heavy atom. The largest absolute Gasteiger partial charge is 0.396 e. The highest BCUT2D eigenvalue weighted by molar-refractivity contribution is 5.98. The minimum Gasteiger partial charge on any atom is -0.396 e. The van der Waals surface area contributed by atoms with Crippen LogP contribution in [-0.2, 0) is 4.79 Å². The molecular weight excluding hydrogens is 312 g/mol. The van der Waals surface area contributed by atoms with E-state index in [4.69, 9.17) is 0 Å². The summed E-state index contributed by atoms with van der Waals surface area (Å²) in [6.45, 7) is 3.93. The van der Waals surface area contributed by atoms with E-state index < -0.39 is 0 Å². The van der Waals surface area contributed by atoms with Gasteiger partial charge in [-0.25, -0.2) is 0 Å². The number of aliphatic hydroxyl groups is 1. The topological polar surface area (TPSA) is 52.6 Å². The first-order valence-corrected chi connectivity index (χ1v) is 8.99. The van der Waals surface area contributed by atoms with E-state index >= 15 is 0 Å². The minimum absolute atomic E-state index is 0.0193.